The van der Waals surface area contributed by atoms with Gasteiger partial charge in [0.15, 0.2) is 0 Å². The first kappa shape index (κ1) is 53.5. The number of ether oxygens (including phenoxy) is 4. The molecule has 4 nitrogen and oxygen atoms in total. The van der Waals surface area contributed by atoms with Crippen molar-refractivity contribution < 1.29 is 18.9 Å². The van der Waals surface area contributed by atoms with E-state index in [0.29, 0.717) is 0 Å². The maximum absolute atomic E-state index is 5.96. The standard InChI is InChI=1S/C78H78O4/c1-39-19-55(79-15)20-40(2)67(39)61-35-49-27-53(77(9,10)11)29-51-37-65(69-43(5)23-57(81-17)24-44(69)6)73-59-32-48-34-64-62(68-41(3)21-56(80-16)22-42(68)4)36-50-28-54(78(12,13)14)30-52-38-66(70-45(7)25-58(82-18)26-46(70)8)74(76(64)72(50)52)60(48)31-47(59)33-63(61)75(73)71(49)51/h19-39,41,67-68H,1-18H3/t39?,41?,67-,68?/m1/s1. The van der Waals surface area contributed by atoms with Crippen molar-refractivity contribution in [2.75, 3.05) is 28.4 Å². The van der Waals surface area contributed by atoms with E-state index in [0.717, 1.165) is 23.0 Å². The van der Waals surface area contributed by atoms with Crippen molar-refractivity contribution in [3.05, 3.63) is 189 Å². The van der Waals surface area contributed by atoms with Crippen LogP contribution in [-0.2, 0) is 20.3 Å². The van der Waals surface area contributed by atoms with E-state index in [9.17, 15) is 0 Å². The molecule has 0 N–H and O–H groups in total. The van der Waals surface area contributed by atoms with Gasteiger partial charge in [0.25, 0.3) is 0 Å². The van der Waals surface area contributed by atoms with Gasteiger partial charge in [0, 0.05) is 11.8 Å². The van der Waals surface area contributed by atoms with E-state index in [1.165, 1.54) is 164 Å². The molecule has 0 bridgehead atoms. The summed E-state index contributed by atoms with van der Waals surface area (Å²) in [5.74, 6) is 4.27. The second kappa shape index (κ2) is 18.9. The first-order valence-electron chi connectivity index (χ1n) is 29.6. The van der Waals surface area contributed by atoms with Crippen LogP contribution in [0.5, 0.6) is 11.5 Å². The molecule has 3 unspecified atom stereocenters. The van der Waals surface area contributed by atoms with E-state index in [-0.39, 0.29) is 34.5 Å². The zero-order chi connectivity index (χ0) is 57.9. The van der Waals surface area contributed by atoms with Gasteiger partial charge in [0.05, 0.1) is 28.4 Å². The maximum atomic E-state index is 5.96. The highest BCUT2D eigenvalue weighted by atomic mass is 16.5. The van der Waals surface area contributed by atoms with E-state index in [2.05, 4.69) is 218 Å². The van der Waals surface area contributed by atoms with E-state index in [4.69, 9.17) is 18.9 Å². The second-order valence-corrected chi connectivity index (χ2v) is 26.8. The Hall–Kier alpha value is -7.82. The number of rotatable bonds is 8. The third-order valence-electron chi connectivity index (χ3n) is 19.2. The molecule has 0 saturated carbocycles. The van der Waals surface area contributed by atoms with Gasteiger partial charge >= 0.3 is 0 Å². The monoisotopic (exact) mass is 1080 g/mol. The van der Waals surface area contributed by atoms with Gasteiger partial charge < -0.3 is 18.9 Å². The van der Waals surface area contributed by atoms with Gasteiger partial charge in [-0.15, -0.1) is 0 Å². The molecule has 0 amide bonds. The minimum absolute atomic E-state index is 0.0718. The lowest BCUT2D eigenvalue weighted by molar-refractivity contribution is 0.297. The minimum atomic E-state index is -0.0718. The quantitative estimate of drug-likeness (QED) is 0.112. The summed E-state index contributed by atoms with van der Waals surface area (Å²) < 4.78 is 23.8. The Balaban J connectivity index is 1.28. The molecule has 2 aliphatic carbocycles. The Morgan fingerprint density at radius 2 is 0.671 bits per heavy atom. The van der Waals surface area contributed by atoms with Crippen LogP contribution in [0.1, 0.15) is 126 Å². The normalized spacial score (nSPS) is 18.2. The minimum Gasteiger partial charge on any atom is -0.497 e. The highest BCUT2D eigenvalue weighted by molar-refractivity contribution is 6.38. The average Bonchev–Trinajstić information content (AvgIpc) is 1.84. The molecule has 4 heteroatoms. The molecule has 0 spiro atoms. The van der Waals surface area contributed by atoms with Gasteiger partial charge in [0.1, 0.15) is 23.0 Å². The Bertz CT molecular complexity index is 4330. The number of aryl methyl sites for hydroxylation is 4. The summed E-state index contributed by atoms with van der Waals surface area (Å²) in [4.78, 5) is 0. The summed E-state index contributed by atoms with van der Waals surface area (Å²) in [6.45, 7) is 32.5. The molecular formula is C78H78O4. The van der Waals surface area contributed by atoms with E-state index in [1.54, 1.807) is 28.4 Å². The lowest BCUT2D eigenvalue weighted by Gasteiger charge is -2.31. The summed E-state index contributed by atoms with van der Waals surface area (Å²) in [7, 11) is 7.14. The van der Waals surface area contributed by atoms with Crippen molar-refractivity contribution >= 4 is 86.2 Å². The average molecular weight is 1080 g/mol. The van der Waals surface area contributed by atoms with Gasteiger partial charge in [-0.25, -0.2) is 0 Å². The summed E-state index contributed by atoms with van der Waals surface area (Å²) in [5, 5.41) is 20.6. The van der Waals surface area contributed by atoms with Crippen molar-refractivity contribution in [2.45, 2.75) is 120 Å². The van der Waals surface area contributed by atoms with Crippen molar-refractivity contribution in [1.29, 1.82) is 0 Å². The van der Waals surface area contributed by atoms with Crippen LogP contribution in [0.2, 0.25) is 0 Å². The molecule has 13 rings (SSSR count). The molecule has 0 saturated heterocycles. The largest absolute Gasteiger partial charge is 0.497 e. The predicted molar refractivity (Wildman–Crippen MR) is 351 cm³/mol. The maximum Gasteiger partial charge on any atom is 0.119 e. The third-order valence-corrected chi connectivity index (χ3v) is 19.2. The van der Waals surface area contributed by atoms with Gasteiger partial charge in [-0.1, -0.05) is 90.8 Å². The molecule has 4 atom stereocenters. The smallest absolute Gasteiger partial charge is 0.119 e. The fourth-order valence-electron chi connectivity index (χ4n) is 15.5. The molecule has 0 heterocycles. The number of hydrogen-bond acceptors (Lipinski definition) is 4. The van der Waals surface area contributed by atoms with Crippen LogP contribution in [0, 0.1) is 39.5 Å². The molecule has 11 aromatic carbocycles. The number of fused-ring (bicyclic) bond motifs is 4. The van der Waals surface area contributed by atoms with E-state index < -0.39 is 0 Å². The third kappa shape index (κ3) is 8.12. The molecule has 414 valence electrons. The summed E-state index contributed by atoms with van der Waals surface area (Å²) in [5.41, 5.74) is 17.7. The van der Waals surface area contributed by atoms with Crippen LogP contribution >= 0.6 is 0 Å². The summed E-state index contributed by atoms with van der Waals surface area (Å²) >= 11 is 0. The number of allylic oxidation sites excluding steroid dienone is 6. The lowest BCUT2D eigenvalue weighted by Crippen LogP contribution is -2.15. The molecule has 11 aromatic rings. The fourth-order valence-corrected chi connectivity index (χ4v) is 15.5. The highest BCUT2D eigenvalue weighted by Crippen LogP contribution is 2.55. The van der Waals surface area contributed by atoms with Crippen LogP contribution in [-0.4, -0.2) is 28.4 Å². The first-order valence-corrected chi connectivity index (χ1v) is 29.6. The molecule has 0 aromatic heterocycles. The van der Waals surface area contributed by atoms with Crippen LogP contribution in [0.25, 0.3) is 108 Å². The van der Waals surface area contributed by atoms with Crippen molar-refractivity contribution in [1.82, 2.24) is 0 Å². The zero-order valence-corrected chi connectivity index (χ0v) is 51.5. The lowest BCUT2D eigenvalue weighted by atomic mass is 9.73. The summed E-state index contributed by atoms with van der Waals surface area (Å²) in [6, 6.07) is 39.3. The molecule has 0 radical (unpaired) electrons. The number of hydrogen-bond donors (Lipinski definition) is 0. The SMILES string of the molecule is COC1=CC(C)C(c2cc3cc(C(C)(C)C)cc4cc(-c5c(C)cc(OC)cc5C)c5c6cc7cc8c([C@H]9C(C)=CC(OC)=CC9C)cc9cc(C(C)(C)C)cc%10cc(-c%11c(C)cc(OC)cc%11C)c(c7cc6cc2c5c34)c8c9%10)C(C)=C1. The van der Waals surface area contributed by atoms with Crippen LogP contribution in [0.3, 0.4) is 0 Å². The predicted octanol–water partition coefficient (Wildman–Crippen LogP) is 21.4. The Labute approximate surface area is 484 Å². The number of benzene rings is 11. The Kier molecular flexibility index (Phi) is 12.3. The number of methoxy groups -OCH3 is 4. The second-order valence-electron chi connectivity index (χ2n) is 26.8. The van der Waals surface area contributed by atoms with Gasteiger partial charge in [-0.05, 0) is 314 Å². The van der Waals surface area contributed by atoms with Gasteiger partial charge in [-0.3, -0.25) is 0 Å². The highest BCUT2D eigenvalue weighted by Gasteiger charge is 2.33. The van der Waals surface area contributed by atoms with Crippen molar-refractivity contribution in [3.63, 3.8) is 0 Å². The van der Waals surface area contributed by atoms with Crippen molar-refractivity contribution in [3.8, 4) is 33.8 Å². The molecular weight excluding hydrogens is 1000 g/mol. The van der Waals surface area contributed by atoms with Gasteiger partial charge in [0.2, 0.25) is 0 Å². The van der Waals surface area contributed by atoms with Crippen LogP contribution in [0.15, 0.2) is 144 Å². The zero-order valence-electron chi connectivity index (χ0n) is 51.5. The van der Waals surface area contributed by atoms with E-state index in [1.807, 2.05) is 0 Å². The molecule has 82 heavy (non-hydrogen) atoms. The molecule has 0 fully saturated rings. The van der Waals surface area contributed by atoms with Crippen LogP contribution in [0.4, 0.5) is 0 Å². The van der Waals surface area contributed by atoms with Crippen LogP contribution < -0.4 is 9.47 Å². The van der Waals surface area contributed by atoms with Crippen molar-refractivity contribution in [2.24, 2.45) is 11.8 Å². The topological polar surface area (TPSA) is 36.9 Å². The van der Waals surface area contributed by atoms with Gasteiger partial charge in [-0.2, -0.15) is 0 Å². The Morgan fingerprint density at radius 3 is 0.976 bits per heavy atom. The first-order chi connectivity index (χ1) is 39.0. The Morgan fingerprint density at radius 1 is 0.341 bits per heavy atom. The fraction of sp³-hybridized carbons (Fsp3) is 0.308. The molecule has 2 aliphatic rings. The summed E-state index contributed by atoms with van der Waals surface area (Å²) in [6.07, 6.45) is 9.17. The molecule has 0 aliphatic heterocycles. The van der Waals surface area contributed by atoms with E-state index >= 15 is 0 Å².